The van der Waals surface area contributed by atoms with Gasteiger partial charge in [0.25, 0.3) is 0 Å². The van der Waals surface area contributed by atoms with Gasteiger partial charge in [0.1, 0.15) is 5.75 Å². The van der Waals surface area contributed by atoms with Crippen molar-refractivity contribution in [1.29, 1.82) is 0 Å². The first-order valence-corrected chi connectivity index (χ1v) is 7.96. The van der Waals surface area contributed by atoms with Gasteiger partial charge in [-0.05, 0) is 68.5 Å². The van der Waals surface area contributed by atoms with Crippen molar-refractivity contribution in [3.05, 3.63) is 23.8 Å². The highest BCUT2D eigenvalue weighted by Gasteiger charge is 2.25. The van der Waals surface area contributed by atoms with Gasteiger partial charge >= 0.3 is 0 Å². The number of carbonyl (C=O) groups is 1. The maximum atomic E-state index is 12.5. The second kappa shape index (κ2) is 7.84. The molecular formula is C17H25ClN2O2. The molecule has 0 atom stereocenters. The van der Waals surface area contributed by atoms with Crippen LogP contribution in [-0.2, 0) is 11.2 Å². The van der Waals surface area contributed by atoms with Crippen LogP contribution in [0.15, 0.2) is 18.2 Å². The molecule has 0 unspecified atom stereocenters. The largest absolute Gasteiger partial charge is 0.497 e. The highest BCUT2D eigenvalue weighted by atomic mass is 35.5. The molecular weight excluding hydrogens is 300 g/mol. The minimum absolute atomic E-state index is 0. The molecule has 0 bridgehead atoms. The number of nitrogens with zero attached hydrogens (tertiary/aromatic N) is 1. The van der Waals surface area contributed by atoms with E-state index in [1.165, 1.54) is 18.4 Å². The number of carbonyl (C=O) groups excluding carboxylic acids is 1. The van der Waals surface area contributed by atoms with Gasteiger partial charge in [-0.15, -0.1) is 12.4 Å². The summed E-state index contributed by atoms with van der Waals surface area (Å²) in [7, 11) is 1.68. The highest BCUT2D eigenvalue weighted by Crippen LogP contribution is 2.32. The summed E-state index contributed by atoms with van der Waals surface area (Å²) in [5, 5.41) is 3.37. The van der Waals surface area contributed by atoms with Crippen LogP contribution >= 0.6 is 12.4 Å². The molecule has 122 valence electrons. The lowest BCUT2D eigenvalue weighted by Crippen LogP contribution is -2.31. The zero-order chi connectivity index (χ0) is 14.7. The van der Waals surface area contributed by atoms with Crippen LogP contribution in [0.2, 0.25) is 0 Å². The molecule has 1 saturated heterocycles. The van der Waals surface area contributed by atoms with Crippen molar-refractivity contribution in [3.8, 4) is 5.75 Å². The van der Waals surface area contributed by atoms with Gasteiger partial charge in [-0.3, -0.25) is 4.79 Å². The molecule has 0 saturated carbocycles. The van der Waals surface area contributed by atoms with Crippen LogP contribution in [0, 0.1) is 5.92 Å². The van der Waals surface area contributed by atoms with Crippen molar-refractivity contribution in [3.63, 3.8) is 0 Å². The minimum Gasteiger partial charge on any atom is -0.497 e. The van der Waals surface area contributed by atoms with Gasteiger partial charge in [-0.25, -0.2) is 0 Å². The number of anilines is 1. The Hall–Kier alpha value is -1.26. The van der Waals surface area contributed by atoms with Gasteiger partial charge in [0.2, 0.25) is 5.91 Å². The Morgan fingerprint density at radius 1 is 1.36 bits per heavy atom. The van der Waals surface area contributed by atoms with E-state index < -0.39 is 0 Å². The molecule has 1 N–H and O–H groups in total. The molecule has 1 aromatic carbocycles. The lowest BCUT2D eigenvalue weighted by atomic mass is 9.93. The van der Waals surface area contributed by atoms with E-state index in [1.807, 2.05) is 17.0 Å². The zero-order valence-corrected chi connectivity index (χ0v) is 14.0. The Kier molecular flexibility index (Phi) is 6.09. The van der Waals surface area contributed by atoms with E-state index in [1.54, 1.807) is 7.11 Å². The number of amides is 1. The van der Waals surface area contributed by atoms with Crippen molar-refractivity contribution >= 4 is 24.0 Å². The van der Waals surface area contributed by atoms with Crippen LogP contribution < -0.4 is 15.0 Å². The van der Waals surface area contributed by atoms with Crippen LogP contribution in [0.25, 0.3) is 0 Å². The third-order valence-corrected chi connectivity index (χ3v) is 4.71. The summed E-state index contributed by atoms with van der Waals surface area (Å²) in [6, 6.07) is 6.01. The van der Waals surface area contributed by atoms with Gasteiger partial charge < -0.3 is 15.0 Å². The first-order chi connectivity index (χ1) is 10.3. The minimum atomic E-state index is 0. The number of hydrogen-bond donors (Lipinski definition) is 1. The van der Waals surface area contributed by atoms with E-state index in [9.17, 15) is 4.79 Å². The first-order valence-electron chi connectivity index (χ1n) is 7.96. The molecule has 0 spiro atoms. The Morgan fingerprint density at radius 3 is 2.86 bits per heavy atom. The van der Waals surface area contributed by atoms with E-state index >= 15 is 0 Å². The summed E-state index contributed by atoms with van der Waals surface area (Å²) < 4.78 is 5.25. The average Bonchev–Trinajstić information content (AvgIpc) is 2.96. The van der Waals surface area contributed by atoms with Crippen molar-refractivity contribution in [1.82, 2.24) is 5.32 Å². The van der Waals surface area contributed by atoms with E-state index in [4.69, 9.17) is 4.74 Å². The quantitative estimate of drug-likeness (QED) is 0.926. The zero-order valence-electron chi connectivity index (χ0n) is 13.1. The Balaban J connectivity index is 0.00000176. The fourth-order valence-corrected chi connectivity index (χ4v) is 3.40. The van der Waals surface area contributed by atoms with Crippen LogP contribution in [0.3, 0.4) is 0 Å². The number of benzene rings is 1. The molecule has 2 heterocycles. The smallest absolute Gasteiger partial charge is 0.227 e. The third kappa shape index (κ3) is 3.73. The summed E-state index contributed by atoms with van der Waals surface area (Å²) in [6.45, 7) is 3.02. The molecule has 2 aliphatic heterocycles. The Labute approximate surface area is 138 Å². The van der Waals surface area contributed by atoms with E-state index in [2.05, 4.69) is 11.4 Å². The number of methoxy groups -OCH3 is 1. The monoisotopic (exact) mass is 324 g/mol. The highest BCUT2D eigenvalue weighted by molar-refractivity contribution is 5.95. The average molecular weight is 325 g/mol. The van der Waals surface area contributed by atoms with Crippen LogP contribution in [0.5, 0.6) is 5.75 Å². The summed E-state index contributed by atoms with van der Waals surface area (Å²) >= 11 is 0. The first kappa shape index (κ1) is 17.1. The standard InChI is InChI=1S/C17H24N2O2.ClH/c1-21-15-3-4-16-14(12-15)8-11-19(16)17(20)5-2-13-6-9-18-10-7-13;/h3-4,12-13,18H,2,5-11H2,1H3;1H. The molecule has 0 aromatic heterocycles. The fourth-order valence-electron chi connectivity index (χ4n) is 3.40. The number of halogens is 1. The van der Waals surface area contributed by atoms with Crippen LogP contribution in [0.1, 0.15) is 31.2 Å². The molecule has 1 amide bonds. The molecule has 0 aliphatic carbocycles. The van der Waals surface area contributed by atoms with Gasteiger partial charge in [0, 0.05) is 18.7 Å². The Morgan fingerprint density at radius 2 is 2.14 bits per heavy atom. The van der Waals surface area contributed by atoms with Crippen molar-refractivity contribution in [2.24, 2.45) is 5.92 Å². The number of hydrogen-bond acceptors (Lipinski definition) is 3. The maximum Gasteiger partial charge on any atom is 0.227 e. The SMILES string of the molecule is COc1ccc2c(c1)CCN2C(=O)CCC1CCNCC1.Cl. The molecule has 5 heteroatoms. The lowest BCUT2D eigenvalue weighted by Gasteiger charge is -2.23. The van der Waals surface area contributed by atoms with Crippen molar-refractivity contribution < 1.29 is 9.53 Å². The molecule has 3 rings (SSSR count). The van der Waals surface area contributed by atoms with Crippen LogP contribution in [-0.4, -0.2) is 32.7 Å². The van der Waals surface area contributed by atoms with Gasteiger partial charge in [0.05, 0.1) is 7.11 Å². The number of rotatable bonds is 4. The third-order valence-electron chi connectivity index (χ3n) is 4.71. The number of nitrogens with one attached hydrogen (secondary N) is 1. The van der Waals surface area contributed by atoms with Crippen molar-refractivity contribution in [2.45, 2.75) is 32.1 Å². The Bertz CT molecular complexity index is 515. The summed E-state index contributed by atoms with van der Waals surface area (Å²) in [5.41, 5.74) is 2.30. The molecule has 22 heavy (non-hydrogen) atoms. The predicted octanol–water partition coefficient (Wildman–Crippen LogP) is 2.79. The van der Waals surface area contributed by atoms with E-state index in [0.29, 0.717) is 12.3 Å². The summed E-state index contributed by atoms with van der Waals surface area (Å²) in [6.07, 6.45) is 5.06. The van der Waals surface area contributed by atoms with Gasteiger partial charge in [-0.2, -0.15) is 0 Å². The molecule has 0 radical (unpaired) electrons. The number of fused-ring (bicyclic) bond motifs is 1. The summed E-state index contributed by atoms with van der Waals surface area (Å²) in [4.78, 5) is 14.4. The second-order valence-electron chi connectivity index (χ2n) is 6.02. The van der Waals surface area contributed by atoms with Crippen molar-refractivity contribution in [2.75, 3.05) is 31.6 Å². The van der Waals surface area contributed by atoms with Crippen LogP contribution in [0.4, 0.5) is 5.69 Å². The predicted molar refractivity (Wildman–Crippen MR) is 91.1 cm³/mol. The number of ether oxygens (including phenoxy) is 1. The second-order valence-corrected chi connectivity index (χ2v) is 6.02. The summed E-state index contributed by atoms with van der Waals surface area (Å²) in [5.74, 6) is 1.86. The molecule has 4 nitrogen and oxygen atoms in total. The normalized spacial score (nSPS) is 17.8. The van der Waals surface area contributed by atoms with E-state index in [0.717, 1.165) is 43.9 Å². The van der Waals surface area contributed by atoms with Gasteiger partial charge in [-0.1, -0.05) is 0 Å². The maximum absolute atomic E-state index is 12.5. The lowest BCUT2D eigenvalue weighted by molar-refractivity contribution is -0.118. The molecule has 1 fully saturated rings. The fraction of sp³-hybridized carbons (Fsp3) is 0.588. The topological polar surface area (TPSA) is 41.6 Å². The number of piperidine rings is 1. The molecule has 1 aromatic rings. The molecule has 2 aliphatic rings. The van der Waals surface area contributed by atoms with Gasteiger partial charge in [0.15, 0.2) is 0 Å². The van der Waals surface area contributed by atoms with E-state index in [-0.39, 0.29) is 18.3 Å².